The monoisotopic (exact) mass is 506 g/mol. The second-order valence-corrected chi connectivity index (χ2v) is 9.52. The molecule has 0 N–H and O–H groups in total. The van der Waals surface area contributed by atoms with E-state index in [4.69, 9.17) is 0 Å². The van der Waals surface area contributed by atoms with Gasteiger partial charge in [-0.3, -0.25) is 4.90 Å². The van der Waals surface area contributed by atoms with Crippen LogP contribution in [-0.2, 0) is 12.7 Å². The maximum absolute atomic E-state index is 13.6. The van der Waals surface area contributed by atoms with Crippen LogP contribution in [0.1, 0.15) is 39.7 Å². The molecule has 0 saturated carbocycles. The van der Waals surface area contributed by atoms with Gasteiger partial charge in [0.05, 0.1) is 18.2 Å². The highest BCUT2D eigenvalue weighted by atomic mass is 19.4. The summed E-state index contributed by atoms with van der Waals surface area (Å²) in [6.45, 7) is 7.43. The van der Waals surface area contributed by atoms with Crippen molar-refractivity contribution < 1.29 is 13.2 Å². The van der Waals surface area contributed by atoms with Gasteiger partial charge in [0.1, 0.15) is 0 Å². The molecule has 1 saturated heterocycles. The number of tetrazole rings is 1. The van der Waals surface area contributed by atoms with Crippen LogP contribution in [0.4, 0.5) is 18.9 Å². The molecule has 1 atom stereocenters. The van der Waals surface area contributed by atoms with Crippen molar-refractivity contribution in [2.24, 2.45) is 0 Å². The van der Waals surface area contributed by atoms with E-state index in [1.807, 2.05) is 30.3 Å². The van der Waals surface area contributed by atoms with E-state index in [0.717, 1.165) is 24.7 Å². The third-order valence-corrected chi connectivity index (χ3v) is 6.89. The molecule has 1 aliphatic heterocycles. The number of rotatable bonds is 6. The van der Waals surface area contributed by atoms with Crippen molar-refractivity contribution in [1.82, 2.24) is 25.1 Å². The Labute approximate surface area is 214 Å². The lowest BCUT2D eigenvalue weighted by atomic mass is 10.00. The van der Waals surface area contributed by atoms with Crippen LogP contribution in [-0.4, -0.2) is 51.3 Å². The fourth-order valence-electron chi connectivity index (χ4n) is 4.97. The zero-order valence-corrected chi connectivity index (χ0v) is 20.9. The second kappa shape index (κ2) is 10.3. The minimum Gasteiger partial charge on any atom is -0.369 e. The van der Waals surface area contributed by atoms with Crippen molar-refractivity contribution in [3.05, 3.63) is 106 Å². The standard InChI is InChI=1S/C28H29F3N6/c1-20-11-12-21(2)25(17-20)35-13-15-36(16-14-35)26(23-9-6-10-24(18-23)28(29,30)31)27-32-33-34-37(27)19-22-7-4-3-5-8-22/h3-12,17-18,26H,13-16,19H2,1-2H3/t26-/m1/s1. The lowest BCUT2D eigenvalue weighted by molar-refractivity contribution is -0.137. The van der Waals surface area contributed by atoms with Crippen LogP contribution in [0.15, 0.2) is 72.8 Å². The predicted octanol–water partition coefficient (Wildman–Crippen LogP) is 5.27. The minimum absolute atomic E-state index is 0.432. The Balaban J connectivity index is 1.48. The number of aryl methyl sites for hydroxylation is 2. The molecule has 3 aromatic carbocycles. The van der Waals surface area contributed by atoms with Crippen LogP contribution in [0.2, 0.25) is 0 Å². The minimum atomic E-state index is -4.43. The zero-order chi connectivity index (χ0) is 26.0. The first-order chi connectivity index (χ1) is 17.8. The van der Waals surface area contributed by atoms with Gasteiger partial charge in [-0.25, -0.2) is 4.68 Å². The number of hydrogen-bond acceptors (Lipinski definition) is 5. The third-order valence-electron chi connectivity index (χ3n) is 6.89. The molecule has 9 heteroatoms. The number of benzene rings is 3. The van der Waals surface area contributed by atoms with E-state index in [9.17, 15) is 13.2 Å². The number of aromatic nitrogens is 4. The summed E-state index contributed by atoms with van der Waals surface area (Å²) in [5, 5.41) is 12.4. The molecule has 2 heterocycles. The van der Waals surface area contributed by atoms with Crippen molar-refractivity contribution in [2.75, 3.05) is 31.1 Å². The van der Waals surface area contributed by atoms with Gasteiger partial charge < -0.3 is 4.90 Å². The van der Waals surface area contributed by atoms with E-state index in [-0.39, 0.29) is 0 Å². The molecule has 6 nitrogen and oxygen atoms in total. The van der Waals surface area contributed by atoms with Crippen LogP contribution >= 0.6 is 0 Å². The highest BCUT2D eigenvalue weighted by molar-refractivity contribution is 5.55. The first kappa shape index (κ1) is 25.0. The number of anilines is 1. The van der Waals surface area contributed by atoms with E-state index in [1.54, 1.807) is 10.7 Å². The summed E-state index contributed by atoms with van der Waals surface area (Å²) in [6.07, 6.45) is -4.43. The lowest BCUT2D eigenvalue weighted by Crippen LogP contribution is -2.48. The number of alkyl halides is 3. The van der Waals surface area contributed by atoms with E-state index in [2.05, 4.69) is 57.4 Å². The number of nitrogens with zero attached hydrogens (tertiary/aromatic N) is 6. The van der Waals surface area contributed by atoms with Crippen molar-refractivity contribution in [2.45, 2.75) is 32.6 Å². The van der Waals surface area contributed by atoms with Gasteiger partial charge in [0.25, 0.3) is 0 Å². The van der Waals surface area contributed by atoms with Crippen LogP contribution in [0.25, 0.3) is 0 Å². The zero-order valence-electron chi connectivity index (χ0n) is 20.9. The molecule has 4 aromatic rings. The maximum Gasteiger partial charge on any atom is 0.416 e. The maximum atomic E-state index is 13.6. The molecule has 1 aliphatic rings. The smallest absolute Gasteiger partial charge is 0.369 e. The van der Waals surface area contributed by atoms with Crippen molar-refractivity contribution in [1.29, 1.82) is 0 Å². The summed E-state index contributed by atoms with van der Waals surface area (Å²) < 4.78 is 42.6. The second-order valence-electron chi connectivity index (χ2n) is 9.52. The highest BCUT2D eigenvalue weighted by Crippen LogP contribution is 2.35. The topological polar surface area (TPSA) is 50.1 Å². The van der Waals surface area contributed by atoms with E-state index < -0.39 is 17.8 Å². The fourth-order valence-corrected chi connectivity index (χ4v) is 4.97. The summed E-state index contributed by atoms with van der Waals surface area (Å²) in [7, 11) is 0. The Kier molecular flexibility index (Phi) is 6.97. The molecule has 37 heavy (non-hydrogen) atoms. The SMILES string of the molecule is Cc1ccc(C)c(N2CCN([C@H](c3cccc(C(F)(F)F)c3)c3nnnn3Cc3ccccc3)CC2)c1. The molecule has 0 bridgehead atoms. The Morgan fingerprint density at radius 3 is 2.35 bits per heavy atom. The molecular weight excluding hydrogens is 477 g/mol. The van der Waals surface area contributed by atoms with Gasteiger partial charge >= 0.3 is 6.18 Å². The van der Waals surface area contributed by atoms with Gasteiger partial charge in [0.2, 0.25) is 0 Å². The Bertz CT molecular complexity index is 1340. The van der Waals surface area contributed by atoms with Gasteiger partial charge in [-0.05, 0) is 64.7 Å². The van der Waals surface area contributed by atoms with Gasteiger partial charge in [0.15, 0.2) is 5.82 Å². The Morgan fingerprint density at radius 1 is 0.865 bits per heavy atom. The third kappa shape index (κ3) is 5.51. The molecule has 0 amide bonds. The van der Waals surface area contributed by atoms with E-state index in [0.29, 0.717) is 31.0 Å². The average Bonchev–Trinajstić information content (AvgIpc) is 3.34. The summed E-state index contributed by atoms with van der Waals surface area (Å²) in [4.78, 5) is 4.53. The molecule has 0 radical (unpaired) electrons. The molecule has 0 unspecified atom stereocenters. The van der Waals surface area contributed by atoms with E-state index in [1.165, 1.54) is 28.9 Å². The van der Waals surface area contributed by atoms with Gasteiger partial charge in [0, 0.05) is 31.9 Å². The van der Waals surface area contributed by atoms with Crippen molar-refractivity contribution in [3.8, 4) is 0 Å². The summed E-state index contributed by atoms with van der Waals surface area (Å²) in [5.74, 6) is 0.531. The van der Waals surface area contributed by atoms with Crippen LogP contribution in [0.5, 0.6) is 0 Å². The lowest BCUT2D eigenvalue weighted by Gasteiger charge is -2.40. The van der Waals surface area contributed by atoms with Crippen molar-refractivity contribution in [3.63, 3.8) is 0 Å². The highest BCUT2D eigenvalue weighted by Gasteiger charge is 2.35. The molecule has 1 fully saturated rings. The summed E-state index contributed by atoms with van der Waals surface area (Å²) in [5.41, 5.74) is 4.47. The number of hydrogen-bond donors (Lipinski definition) is 0. The number of piperazine rings is 1. The Morgan fingerprint density at radius 2 is 1.62 bits per heavy atom. The number of halogens is 3. The normalized spacial score (nSPS) is 15.6. The Hall–Kier alpha value is -3.72. The largest absolute Gasteiger partial charge is 0.416 e. The molecule has 0 spiro atoms. The first-order valence-corrected chi connectivity index (χ1v) is 12.3. The fraction of sp³-hybridized carbons (Fsp3) is 0.321. The van der Waals surface area contributed by atoms with E-state index >= 15 is 0 Å². The summed E-state index contributed by atoms with van der Waals surface area (Å²) in [6, 6.07) is 21.2. The first-order valence-electron chi connectivity index (χ1n) is 12.3. The molecule has 192 valence electrons. The van der Waals surface area contributed by atoms with Crippen LogP contribution in [0.3, 0.4) is 0 Å². The molecular formula is C28H29F3N6. The molecule has 5 rings (SSSR count). The van der Waals surface area contributed by atoms with Gasteiger partial charge in [-0.15, -0.1) is 5.10 Å². The quantitative estimate of drug-likeness (QED) is 0.357. The summed E-state index contributed by atoms with van der Waals surface area (Å²) >= 11 is 0. The predicted molar refractivity (Wildman–Crippen MR) is 136 cm³/mol. The van der Waals surface area contributed by atoms with Crippen molar-refractivity contribution >= 4 is 5.69 Å². The van der Waals surface area contributed by atoms with Crippen LogP contribution in [0, 0.1) is 13.8 Å². The average molecular weight is 507 g/mol. The molecule has 1 aromatic heterocycles. The van der Waals surface area contributed by atoms with Gasteiger partial charge in [-0.1, -0.05) is 54.6 Å². The molecule has 0 aliphatic carbocycles. The van der Waals surface area contributed by atoms with Gasteiger partial charge in [-0.2, -0.15) is 13.2 Å². The van der Waals surface area contributed by atoms with Crippen LogP contribution < -0.4 is 4.90 Å².